The van der Waals surface area contributed by atoms with Crippen LogP contribution in [0, 0.1) is 11.8 Å². The van der Waals surface area contributed by atoms with Crippen LogP contribution in [0.25, 0.3) is 22.2 Å². The van der Waals surface area contributed by atoms with E-state index in [1.807, 2.05) is 12.1 Å². The Hall–Kier alpha value is -2.99. The van der Waals surface area contributed by atoms with E-state index in [0.717, 1.165) is 49.2 Å². The van der Waals surface area contributed by atoms with E-state index in [-0.39, 0.29) is 18.3 Å². The summed E-state index contributed by atoms with van der Waals surface area (Å²) in [5, 5.41) is 11.0. The van der Waals surface area contributed by atoms with Crippen LogP contribution in [0.4, 0.5) is 5.69 Å². The molecular formula is C33H42ClN3O3. The molecule has 0 radical (unpaired) electrons. The first-order chi connectivity index (χ1) is 18.9. The Bertz CT molecular complexity index is 1380. The van der Waals surface area contributed by atoms with Crippen molar-refractivity contribution in [2.24, 2.45) is 11.8 Å². The predicted molar refractivity (Wildman–Crippen MR) is 164 cm³/mol. The second-order valence-corrected chi connectivity index (χ2v) is 12.2. The summed E-state index contributed by atoms with van der Waals surface area (Å²) in [6.45, 7) is 8.09. The van der Waals surface area contributed by atoms with E-state index in [9.17, 15) is 14.7 Å². The lowest BCUT2D eigenvalue weighted by Gasteiger charge is -2.35. The van der Waals surface area contributed by atoms with Crippen molar-refractivity contribution >= 4 is 40.9 Å². The summed E-state index contributed by atoms with van der Waals surface area (Å²) in [6.07, 6.45) is 8.28. The van der Waals surface area contributed by atoms with Gasteiger partial charge in [-0.3, -0.25) is 4.79 Å². The number of para-hydroxylation sites is 1. The molecule has 1 aromatic heterocycles. The van der Waals surface area contributed by atoms with Gasteiger partial charge in [-0.1, -0.05) is 57.4 Å². The molecular weight excluding hydrogens is 522 g/mol. The number of rotatable bonds is 5. The Balaban J connectivity index is 0.00000323. The molecule has 1 saturated heterocycles. The number of benzene rings is 2. The third-order valence-electron chi connectivity index (χ3n) is 9.62. The zero-order valence-corrected chi connectivity index (χ0v) is 24.6. The van der Waals surface area contributed by atoms with Crippen LogP contribution in [0.3, 0.4) is 0 Å². The average Bonchev–Trinajstić information content (AvgIpc) is 3.20. The topological polar surface area (TPSA) is 65.8 Å². The highest BCUT2D eigenvalue weighted by molar-refractivity contribution is 6.00. The number of piperidine rings is 1. The van der Waals surface area contributed by atoms with Crippen molar-refractivity contribution < 1.29 is 14.7 Å². The predicted octanol–water partition coefficient (Wildman–Crippen LogP) is 7.19. The van der Waals surface area contributed by atoms with Crippen LogP contribution >= 0.6 is 12.4 Å². The molecule has 2 aliphatic heterocycles. The van der Waals surface area contributed by atoms with Gasteiger partial charge in [-0.05, 0) is 67.2 Å². The van der Waals surface area contributed by atoms with Crippen molar-refractivity contribution in [3.8, 4) is 11.3 Å². The largest absolute Gasteiger partial charge is 0.478 e. The van der Waals surface area contributed by atoms with Gasteiger partial charge in [0.2, 0.25) is 5.91 Å². The van der Waals surface area contributed by atoms with E-state index in [2.05, 4.69) is 52.5 Å². The summed E-state index contributed by atoms with van der Waals surface area (Å²) in [5.41, 5.74) is 6.20. The highest BCUT2D eigenvalue weighted by Crippen LogP contribution is 2.47. The Labute approximate surface area is 243 Å². The molecule has 3 aliphatic rings. The van der Waals surface area contributed by atoms with E-state index >= 15 is 0 Å². The first-order valence-corrected chi connectivity index (χ1v) is 14.9. The van der Waals surface area contributed by atoms with Gasteiger partial charge in [0.15, 0.2) is 0 Å². The fourth-order valence-corrected chi connectivity index (χ4v) is 7.37. The highest BCUT2D eigenvalue weighted by Gasteiger charge is 2.32. The summed E-state index contributed by atoms with van der Waals surface area (Å²) in [4.78, 5) is 29.8. The van der Waals surface area contributed by atoms with Crippen LogP contribution in [-0.2, 0) is 11.3 Å². The van der Waals surface area contributed by atoms with E-state index in [1.165, 1.54) is 48.7 Å². The number of halogens is 1. The number of carboxylic acids is 1. The second kappa shape index (κ2) is 11.9. The number of hydrogen-bond acceptors (Lipinski definition) is 3. The lowest BCUT2D eigenvalue weighted by molar-refractivity contribution is -0.131. The molecule has 40 heavy (non-hydrogen) atoms. The maximum Gasteiger partial charge on any atom is 0.335 e. The fourth-order valence-electron chi connectivity index (χ4n) is 7.37. The van der Waals surface area contributed by atoms with Gasteiger partial charge in [0.25, 0.3) is 0 Å². The smallest absolute Gasteiger partial charge is 0.335 e. The summed E-state index contributed by atoms with van der Waals surface area (Å²) in [6, 6.07) is 14.2. The van der Waals surface area contributed by atoms with E-state index in [4.69, 9.17) is 0 Å². The van der Waals surface area contributed by atoms with Crippen molar-refractivity contribution in [2.75, 3.05) is 31.1 Å². The Kier molecular flexibility index (Phi) is 8.46. The highest BCUT2D eigenvalue weighted by atomic mass is 35.5. The molecule has 214 valence electrons. The summed E-state index contributed by atoms with van der Waals surface area (Å²) < 4.78 is 2.35. The third-order valence-corrected chi connectivity index (χ3v) is 9.62. The molecule has 2 fully saturated rings. The number of carbonyl (C=O) groups is 2. The van der Waals surface area contributed by atoms with E-state index < -0.39 is 5.97 Å². The molecule has 0 atom stereocenters. The molecule has 3 aromatic rings. The van der Waals surface area contributed by atoms with Crippen LogP contribution in [0.15, 0.2) is 42.5 Å². The van der Waals surface area contributed by atoms with Gasteiger partial charge < -0.3 is 19.5 Å². The van der Waals surface area contributed by atoms with Crippen LogP contribution in [0.5, 0.6) is 0 Å². The van der Waals surface area contributed by atoms with Crippen molar-refractivity contribution in [3.05, 3.63) is 53.6 Å². The molecule has 0 bridgehead atoms. The Morgan fingerprint density at radius 3 is 2.35 bits per heavy atom. The number of amides is 1. The maximum atomic E-state index is 13.5. The molecule has 6 nitrogen and oxygen atoms in total. The van der Waals surface area contributed by atoms with Gasteiger partial charge in [-0.25, -0.2) is 4.79 Å². The van der Waals surface area contributed by atoms with Crippen LogP contribution < -0.4 is 4.90 Å². The van der Waals surface area contributed by atoms with Gasteiger partial charge in [0, 0.05) is 48.3 Å². The Morgan fingerprint density at radius 2 is 1.65 bits per heavy atom. The van der Waals surface area contributed by atoms with Crippen molar-refractivity contribution in [2.45, 2.75) is 71.3 Å². The van der Waals surface area contributed by atoms with Gasteiger partial charge in [-0.15, -0.1) is 12.4 Å². The number of carbonyl (C=O) groups excluding carboxylic acids is 1. The van der Waals surface area contributed by atoms with Gasteiger partial charge in [-0.2, -0.15) is 0 Å². The molecule has 2 aromatic carbocycles. The summed E-state index contributed by atoms with van der Waals surface area (Å²) in [5.74, 6) is 1.17. The molecule has 1 amide bonds. The molecule has 1 aliphatic carbocycles. The number of likely N-dealkylation sites (tertiary alicyclic amines) is 1. The second-order valence-electron chi connectivity index (χ2n) is 12.2. The average molecular weight is 564 g/mol. The maximum absolute atomic E-state index is 13.5. The number of nitrogens with zero attached hydrogens (tertiary/aromatic N) is 3. The molecule has 7 heteroatoms. The fraction of sp³-hybridized carbons (Fsp3) is 0.515. The monoisotopic (exact) mass is 563 g/mol. The van der Waals surface area contributed by atoms with Crippen LogP contribution in [0.1, 0.15) is 80.6 Å². The summed E-state index contributed by atoms with van der Waals surface area (Å²) >= 11 is 0. The van der Waals surface area contributed by atoms with Crippen molar-refractivity contribution in [1.82, 2.24) is 9.47 Å². The molecule has 1 saturated carbocycles. The quantitative estimate of drug-likeness (QED) is 0.357. The Morgan fingerprint density at radius 1 is 0.925 bits per heavy atom. The molecule has 1 N–H and O–H groups in total. The zero-order chi connectivity index (χ0) is 27.1. The first kappa shape index (κ1) is 28.5. The van der Waals surface area contributed by atoms with Crippen molar-refractivity contribution in [1.29, 1.82) is 0 Å². The molecule has 6 rings (SSSR count). The normalized spacial score (nSPS) is 18.3. The number of fused-ring (bicyclic) bond motifs is 5. The zero-order valence-electron chi connectivity index (χ0n) is 23.8. The lowest BCUT2D eigenvalue weighted by Crippen LogP contribution is -2.45. The third kappa shape index (κ3) is 5.23. The van der Waals surface area contributed by atoms with Crippen molar-refractivity contribution in [3.63, 3.8) is 0 Å². The molecule has 3 heterocycles. The first-order valence-electron chi connectivity index (χ1n) is 14.9. The van der Waals surface area contributed by atoms with E-state index in [0.29, 0.717) is 36.4 Å². The number of carboxylic acid groups (broad SMARTS) is 1. The standard InChI is InChI=1S/C33H41N3O3.ClH/c1-22(2)23-14-16-34(17-15-23)30(37)21-35-18-19-36-29-20-25(33(38)39)12-13-26(29)31(24-8-4-3-5-9-24)32(36)27-10-6-7-11-28(27)35;/h6-7,10-13,20,22-24H,3-5,8-9,14-19,21H2,1-2H3,(H,38,39);1H. The van der Waals surface area contributed by atoms with Crippen LogP contribution in [0.2, 0.25) is 0 Å². The van der Waals surface area contributed by atoms with Gasteiger partial charge in [0.1, 0.15) is 0 Å². The minimum atomic E-state index is -0.894. The van der Waals surface area contributed by atoms with Gasteiger partial charge in [0.05, 0.1) is 17.8 Å². The number of aromatic nitrogens is 1. The van der Waals surface area contributed by atoms with E-state index in [1.54, 1.807) is 6.07 Å². The minimum absolute atomic E-state index is 0. The molecule has 0 spiro atoms. The number of hydrogen-bond donors (Lipinski definition) is 1. The number of anilines is 1. The minimum Gasteiger partial charge on any atom is -0.478 e. The molecule has 0 unspecified atom stereocenters. The number of aromatic carboxylic acids is 1. The lowest BCUT2D eigenvalue weighted by atomic mass is 9.81. The SMILES string of the molecule is CC(C)C1CCN(C(=O)CN2CCn3c(c(C4CCCCC4)c4ccc(C(=O)O)cc43)-c3ccccc32)CC1.Cl. The van der Waals surface area contributed by atoms with Gasteiger partial charge >= 0.3 is 5.97 Å². The summed E-state index contributed by atoms with van der Waals surface area (Å²) in [7, 11) is 0. The van der Waals surface area contributed by atoms with Crippen LogP contribution in [-0.4, -0.2) is 52.6 Å².